The van der Waals surface area contributed by atoms with Crippen molar-refractivity contribution in [2.45, 2.75) is 40.9 Å². The minimum atomic E-state index is -0.315. The second kappa shape index (κ2) is 9.32. The first-order valence-corrected chi connectivity index (χ1v) is 11.7. The number of aryl methyl sites for hydroxylation is 2. The number of hydrogen-bond donors (Lipinski definition) is 1. The monoisotopic (exact) mass is 549 g/mol. The molecule has 4 rings (SSSR count). The van der Waals surface area contributed by atoms with Crippen molar-refractivity contribution in [1.29, 1.82) is 0 Å². The molecular formula is C22H22BrCl2N7O. The van der Waals surface area contributed by atoms with E-state index in [1.54, 1.807) is 39.8 Å². The van der Waals surface area contributed by atoms with Gasteiger partial charge in [-0.2, -0.15) is 15.3 Å². The summed E-state index contributed by atoms with van der Waals surface area (Å²) in [7, 11) is 0. The van der Waals surface area contributed by atoms with Crippen LogP contribution in [0.2, 0.25) is 10.0 Å². The van der Waals surface area contributed by atoms with Crippen molar-refractivity contribution < 1.29 is 4.79 Å². The van der Waals surface area contributed by atoms with Gasteiger partial charge in [0.1, 0.15) is 6.67 Å². The van der Waals surface area contributed by atoms with Crippen molar-refractivity contribution in [3.63, 3.8) is 0 Å². The van der Waals surface area contributed by atoms with Gasteiger partial charge in [-0.05, 0) is 61.8 Å². The van der Waals surface area contributed by atoms with Crippen molar-refractivity contribution in [2.24, 2.45) is 0 Å². The molecule has 0 radical (unpaired) electrons. The summed E-state index contributed by atoms with van der Waals surface area (Å²) in [4.78, 5) is 12.9. The fourth-order valence-corrected chi connectivity index (χ4v) is 4.36. The predicted octanol–water partition coefficient (Wildman–Crippen LogP) is 5.39. The highest BCUT2D eigenvalue weighted by Crippen LogP contribution is 2.27. The minimum absolute atomic E-state index is 0.302. The van der Waals surface area contributed by atoms with E-state index in [4.69, 9.17) is 23.2 Å². The molecular weight excluding hydrogens is 529 g/mol. The van der Waals surface area contributed by atoms with Gasteiger partial charge in [-0.15, -0.1) is 0 Å². The van der Waals surface area contributed by atoms with E-state index >= 15 is 0 Å². The number of anilines is 1. The van der Waals surface area contributed by atoms with E-state index in [0.717, 1.165) is 27.1 Å². The first-order chi connectivity index (χ1) is 15.7. The van der Waals surface area contributed by atoms with Gasteiger partial charge in [-0.3, -0.25) is 14.2 Å². The number of carbonyl (C=O) groups is 1. The van der Waals surface area contributed by atoms with Crippen LogP contribution in [0.4, 0.5) is 5.69 Å². The maximum absolute atomic E-state index is 12.9. The molecule has 1 aromatic carbocycles. The van der Waals surface area contributed by atoms with E-state index in [1.807, 2.05) is 32.4 Å². The number of hydrogen-bond acceptors (Lipinski definition) is 4. The van der Waals surface area contributed by atoms with Gasteiger partial charge in [0.05, 0.1) is 39.5 Å². The zero-order valence-corrected chi connectivity index (χ0v) is 21.6. The molecule has 8 nitrogen and oxygen atoms in total. The molecule has 0 atom stereocenters. The van der Waals surface area contributed by atoms with Crippen LogP contribution < -0.4 is 5.32 Å². The molecule has 0 spiro atoms. The van der Waals surface area contributed by atoms with Gasteiger partial charge >= 0.3 is 0 Å². The van der Waals surface area contributed by atoms with E-state index in [1.165, 1.54) is 0 Å². The Morgan fingerprint density at radius 3 is 2.27 bits per heavy atom. The molecule has 3 heterocycles. The quantitative estimate of drug-likeness (QED) is 0.349. The molecule has 0 aliphatic carbocycles. The summed E-state index contributed by atoms with van der Waals surface area (Å²) in [6, 6.07) is 7.05. The first-order valence-electron chi connectivity index (χ1n) is 10.2. The summed E-state index contributed by atoms with van der Waals surface area (Å²) in [5.41, 5.74) is 5.10. The molecule has 1 amide bonds. The zero-order valence-electron chi connectivity index (χ0n) is 18.5. The molecule has 4 aromatic rings. The third kappa shape index (κ3) is 4.71. The number of rotatable bonds is 6. The molecule has 33 heavy (non-hydrogen) atoms. The molecule has 3 aromatic heterocycles. The first kappa shape index (κ1) is 23.5. The van der Waals surface area contributed by atoms with Crippen LogP contribution in [-0.4, -0.2) is 35.2 Å². The normalized spacial score (nSPS) is 11.2. The Balaban J connectivity index is 1.51. The van der Waals surface area contributed by atoms with Crippen molar-refractivity contribution in [2.75, 3.05) is 5.32 Å². The van der Waals surface area contributed by atoms with Crippen LogP contribution in [0.15, 0.2) is 34.9 Å². The van der Waals surface area contributed by atoms with E-state index < -0.39 is 0 Å². The molecule has 11 heteroatoms. The topological polar surface area (TPSA) is 82.6 Å². The SMILES string of the molecule is Cc1nn(Cn2ccc(C(=O)Nc3c(C)nn(Cc4c(Cl)cccc4Cl)c3C)n2)c(C)c1Br. The van der Waals surface area contributed by atoms with Gasteiger partial charge in [0.15, 0.2) is 5.69 Å². The highest BCUT2D eigenvalue weighted by atomic mass is 79.9. The number of carbonyl (C=O) groups excluding carboxylic acids is 1. The summed E-state index contributed by atoms with van der Waals surface area (Å²) in [6.07, 6.45) is 1.75. The van der Waals surface area contributed by atoms with Crippen LogP contribution in [0.1, 0.15) is 38.8 Å². The lowest BCUT2D eigenvalue weighted by Gasteiger charge is -2.09. The van der Waals surface area contributed by atoms with E-state index in [9.17, 15) is 4.79 Å². The van der Waals surface area contributed by atoms with E-state index in [-0.39, 0.29) is 5.91 Å². The smallest absolute Gasteiger partial charge is 0.276 e. The Kier molecular flexibility index (Phi) is 6.65. The van der Waals surface area contributed by atoms with Gasteiger partial charge in [-0.25, -0.2) is 4.68 Å². The Morgan fingerprint density at radius 2 is 1.64 bits per heavy atom. The number of halogens is 3. The van der Waals surface area contributed by atoms with Crippen molar-refractivity contribution >= 4 is 50.7 Å². The van der Waals surface area contributed by atoms with Crippen LogP contribution in [0.25, 0.3) is 0 Å². The number of benzene rings is 1. The Bertz CT molecular complexity index is 1330. The highest BCUT2D eigenvalue weighted by Gasteiger charge is 2.19. The second-order valence-electron chi connectivity index (χ2n) is 7.72. The molecule has 0 bridgehead atoms. The molecule has 0 fully saturated rings. The molecule has 1 N–H and O–H groups in total. The van der Waals surface area contributed by atoms with Gasteiger partial charge in [0.2, 0.25) is 0 Å². The lowest BCUT2D eigenvalue weighted by atomic mass is 10.2. The van der Waals surface area contributed by atoms with E-state index in [0.29, 0.717) is 40.3 Å². The lowest BCUT2D eigenvalue weighted by molar-refractivity contribution is 0.102. The van der Waals surface area contributed by atoms with Gasteiger partial charge in [0.25, 0.3) is 5.91 Å². The summed E-state index contributed by atoms with van der Waals surface area (Å²) in [6.45, 7) is 8.43. The largest absolute Gasteiger partial charge is 0.317 e. The van der Waals surface area contributed by atoms with E-state index in [2.05, 4.69) is 36.5 Å². The Morgan fingerprint density at radius 1 is 0.970 bits per heavy atom. The Hall–Kier alpha value is -2.62. The van der Waals surface area contributed by atoms with Crippen LogP contribution in [-0.2, 0) is 13.2 Å². The standard InChI is InChI=1S/C22H22BrCl2N7O/c1-12-20(23)14(3)32(27-12)11-30-9-8-19(29-30)22(33)26-21-13(2)28-31(15(21)4)10-16-17(24)6-5-7-18(16)25/h5-9H,10-11H2,1-4H3,(H,26,33). The van der Waals surface area contributed by atoms with Crippen molar-refractivity contribution in [3.05, 3.63) is 79.0 Å². The summed E-state index contributed by atoms with van der Waals surface area (Å²) < 4.78 is 6.24. The lowest BCUT2D eigenvalue weighted by Crippen LogP contribution is -2.16. The van der Waals surface area contributed by atoms with Crippen molar-refractivity contribution in [3.8, 4) is 0 Å². The zero-order chi connectivity index (χ0) is 23.9. The fraction of sp³-hybridized carbons (Fsp3) is 0.273. The third-order valence-corrected chi connectivity index (χ3v) is 7.29. The van der Waals surface area contributed by atoms with Crippen LogP contribution >= 0.6 is 39.1 Å². The summed E-state index contributed by atoms with van der Waals surface area (Å²) >= 11 is 16.1. The maximum Gasteiger partial charge on any atom is 0.276 e. The predicted molar refractivity (Wildman–Crippen MR) is 132 cm³/mol. The second-order valence-corrected chi connectivity index (χ2v) is 9.33. The van der Waals surface area contributed by atoms with Crippen LogP contribution in [0.5, 0.6) is 0 Å². The molecule has 0 aliphatic rings. The maximum atomic E-state index is 12.9. The van der Waals surface area contributed by atoms with Gasteiger partial charge in [-0.1, -0.05) is 29.3 Å². The molecule has 0 unspecified atom stereocenters. The average Bonchev–Trinajstić information content (AvgIpc) is 3.41. The summed E-state index contributed by atoms with van der Waals surface area (Å²) in [5, 5.41) is 17.5. The highest BCUT2D eigenvalue weighted by molar-refractivity contribution is 9.10. The fourth-order valence-electron chi connectivity index (χ4n) is 3.55. The molecule has 0 saturated carbocycles. The summed E-state index contributed by atoms with van der Waals surface area (Å²) in [5.74, 6) is -0.315. The number of amides is 1. The van der Waals surface area contributed by atoms with Crippen molar-refractivity contribution in [1.82, 2.24) is 29.3 Å². The molecule has 172 valence electrons. The molecule has 0 saturated heterocycles. The van der Waals surface area contributed by atoms with Crippen LogP contribution in [0.3, 0.4) is 0 Å². The van der Waals surface area contributed by atoms with Crippen LogP contribution in [0, 0.1) is 27.7 Å². The average molecular weight is 551 g/mol. The number of aromatic nitrogens is 6. The van der Waals surface area contributed by atoms with Gasteiger partial charge < -0.3 is 5.32 Å². The van der Waals surface area contributed by atoms with Gasteiger partial charge in [0, 0.05) is 21.8 Å². The minimum Gasteiger partial charge on any atom is -0.317 e. The number of nitrogens with zero attached hydrogens (tertiary/aromatic N) is 6. The number of nitrogens with one attached hydrogen (secondary N) is 1. The Labute approximate surface area is 209 Å². The molecule has 0 aliphatic heterocycles. The third-order valence-electron chi connectivity index (χ3n) is 5.43.